The van der Waals surface area contributed by atoms with E-state index in [-0.39, 0.29) is 17.1 Å². The van der Waals surface area contributed by atoms with Crippen LogP contribution in [0.15, 0.2) is 188 Å². The van der Waals surface area contributed by atoms with Crippen LogP contribution in [-0.2, 0) is 0 Å². The van der Waals surface area contributed by atoms with Gasteiger partial charge in [-0.15, -0.1) is 19.9 Å². The smallest absolute Gasteiger partial charge is 0.303 e. The molecule has 1 heterocycles. The summed E-state index contributed by atoms with van der Waals surface area (Å²) in [5.41, 5.74) is 14.7. The highest BCUT2D eigenvalue weighted by atomic mass is 16.6. The number of para-hydroxylation sites is 1. The fourth-order valence-electron chi connectivity index (χ4n) is 7.57. The number of aryl methyl sites for hydroxylation is 5. The zero-order chi connectivity index (χ0) is 51.6. The van der Waals surface area contributed by atoms with Crippen molar-refractivity contribution < 1.29 is 23.9 Å². The van der Waals surface area contributed by atoms with Gasteiger partial charge in [0.05, 0.1) is 47.2 Å². The predicted molar refractivity (Wildman–Crippen MR) is 286 cm³/mol. The van der Waals surface area contributed by atoms with Crippen molar-refractivity contribution in [3.05, 3.63) is 217 Å². The zero-order valence-electron chi connectivity index (χ0n) is 41.1. The first-order chi connectivity index (χ1) is 35.3. The van der Waals surface area contributed by atoms with E-state index >= 15 is 0 Å². The molecular formula is C57H49N10O6+. The first-order valence-electron chi connectivity index (χ1n) is 22.9. The molecule has 0 amide bonds. The van der Waals surface area contributed by atoms with Crippen molar-refractivity contribution in [1.29, 1.82) is 0 Å². The molecule has 0 aliphatic rings. The lowest BCUT2D eigenvalue weighted by Gasteiger charge is -2.09. The molecule has 0 aliphatic heterocycles. The SMILES string of the molecule is COc1cc(N=Nc2ccc([N+](=O)[O-])cc2[N+](=O)[O-])c(OC)cc1N=Nc1ccc(C)cc1.Cc1ccc(C=Nc2cc3c(cc2C)nc2cc(C)c(N=Cc4ccc(C)cc4)cc2[n+]3-c2ccccc2)cc1. The van der Waals surface area contributed by atoms with Crippen molar-refractivity contribution in [2.75, 3.05) is 14.2 Å². The predicted octanol–water partition coefficient (Wildman–Crippen LogP) is 15.1. The highest BCUT2D eigenvalue weighted by Gasteiger charge is 2.23. The number of nitro groups is 2. The van der Waals surface area contributed by atoms with Crippen LogP contribution in [0.5, 0.6) is 11.5 Å². The number of ether oxygens (including phenoxy) is 2. The van der Waals surface area contributed by atoms with Gasteiger partial charge in [0.1, 0.15) is 33.9 Å². The minimum Gasteiger partial charge on any atom is -0.494 e. The molecule has 8 aromatic carbocycles. The van der Waals surface area contributed by atoms with E-state index in [0.29, 0.717) is 17.1 Å². The second kappa shape index (κ2) is 22.4. The molecule has 0 unspecified atom stereocenters. The van der Waals surface area contributed by atoms with E-state index in [2.05, 4.69) is 150 Å². The minimum absolute atomic E-state index is 0.158. The standard InChI is InChI=1S/C36H31N4.C21H18N6O6/c1-24-10-14-28(15-11-24)22-37-31-20-35-33(18-26(31)3)39-34-19-27(4)32(38-23-29-16-12-25(2)13-17-29)21-36(34)40(35)30-8-6-5-7-9-30;1-13-4-6-14(7-5-13)22-24-17-11-21(33-3)18(12-20(17)32-2)25-23-16-9-8-15(26(28)29)10-19(16)27(30)31/h5-23H,1-4H3;4-12H,1-3H3/q+1;. The Morgan fingerprint density at radius 2 is 0.959 bits per heavy atom. The summed E-state index contributed by atoms with van der Waals surface area (Å²) in [4.78, 5) is 35.6. The lowest BCUT2D eigenvalue weighted by atomic mass is 10.1. The van der Waals surface area contributed by atoms with Gasteiger partial charge in [-0.25, -0.2) is 4.98 Å². The fraction of sp³-hybridized carbons (Fsp3) is 0.123. The number of aromatic nitrogens is 2. The van der Waals surface area contributed by atoms with Gasteiger partial charge >= 0.3 is 5.69 Å². The molecule has 0 spiro atoms. The first-order valence-corrected chi connectivity index (χ1v) is 22.9. The number of benzene rings is 8. The van der Waals surface area contributed by atoms with Gasteiger partial charge in [0.25, 0.3) is 5.69 Å². The summed E-state index contributed by atoms with van der Waals surface area (Å²) in [6.07, 6.45) is 3.85. The highest BCUT2D eigenvalue weighted by Crippen LogP contribution is 2.42. The van der Waals surface area contributed by atoms with E-state index in [0.717, 1.165) is 85.1 Å². The maximum absolute atomic E-state index is 11.3. The summed E-state index contributed by atoms with van der Waals surface area (Å²) >= 11 is 0. The van der Waals surface area contributed by atoms with E-state index < -0.39 is 21.2 Å². The molecule has 0 aliphatic carbocycles. The maximum atomic E-state index is 11.3. The van der Waals surface area contributed by atoms with E-state index in [1.807, 2.05) is 49.7 Å². The largest absolute Gasteiger partial charge is 0.494 e. The Morgan fingerprint density at radius 1 is 0.493 bits per heavy atom. The molecule has 16 heteroatoms. The molecule has 16 nitrogen and oxygen atoms in total. The molecule has 0 radical (unpaired) electrons. The van der Waals surface area contributed by atoms with Gasteiger partial charge < -0.3 is 9.47 Å². The summed E-state index contributed by atoms with van der Waals surface area (Å²) < 4.78 is 13.0. The first kappa shape index (κ1) is 49.7. The molecule has 0 fully saturated rings. The second-order valence-electron chi connectivity index (χ2n) is 17.0. The van der Waals surface area contributed by atoms with E-state index in [4.69, 9.17) is 24.4 Å². The number of aliphatic imine (C=N–C) groups is 2. The molecule has 0 bridgehead atoms. The van der Waals surface area contributed by atoms with Crippen LogP contribution in [0.2, 0.25) is 0 Å². The Kier molecular flexibility index (Phi) is 15.2. The molecule has 9 aromatic rings. The lowest BCUT2D eigenvalue weighted by Crippen LogP contribution is -2.33. The number of fused-ring (bicyclic) bond motifs is 2. The molecule has 0 atom stereocenters. The van der Waals surface area contributed by atoms with E-state index in [1.165, 1.54) is 37.5 Å². The highest BCUT2D eigenvalue weighted by molar-refractivity contribution is 5.90. The van der Waals surface area contributed by atoms with Crippen molar-refractivity contribution in [2.45, 2.75) is 34.6 Å². The third kappa shape index (κ3) is 12.0. The molecule has 0 saturated carbocycles. The third-order valence-electron chi connectivity index (χ3n) is 11.6. The molecule has 9 rings (SSSR count). The average Bonchev–Trinajstić information content (AvgIpc) is 3.39. The van der Waals surface area contributed by atoms with Crippen LogP contribution >= 0.6 is 0 Å². The number of hydrogen-bond donors (Lipinski definition) is 0. The van der Waals surface area contributed by atoms with Crippen molar-refractivity contribution in [3.8, 4) is 17.2 Å². The maximum Gasteiger partial charge on any atom is 0.303 e. The summed E-state index contributed by atoms with van der Waals surface area (Å²) in [6, 6.07) is 49.3. The van der Waals surface area contributed by atoms with Gasteiger partial charge in [-0.05, 0) is 87.2 Å². The van der Waals surface area contributed by atoms with Crippen molar-refractivity contribution in [2.24, 2.45) is 30.4 Å². The fourth-order valence-corrected chi connectivity index (χ4v) is 7.57. The molecule has 362 valence electrons. The topological polar surface area (TPSA) is 196 Å². The number of methoxy groups -OCH3 is 2. The Labute approximate surface area is 420 Å². The lowest BCUT2D eigenvalue weighted by molar-refractivity contribution is -0.538. The average molecular weight is 970 g/mol. The van der Waals surface area contributed by atoms with Crippen LogP contribution in [0, 0.1) is 54.8 Å². The summed E-state index contributed by atoms with van der Waals surface area (Å²) in [5, 5.41) is 38.5. The molecule has 0 N–H and O–H groups in total. The number of hydrogen-bond acceptors (Lipinski definition) is 13. The molecule has 1 aromatic heterocycles. The monoisotopic (exact) mass is 969 g/mol. The number of rotatable bonds is 13. The van der Waals surface area contributed by atoms with Gasteiger partial charge in [0.15, 0.2) is 5.69 Å². The Morgan fingerprint density at radius 3 is 1.42 bits per heavy atom. The van der Waals surface area contributed by atoms with Crippen LogP contribution in [0.3, 0.4) is 0 Å². The summed E-state index contributed by atoms with van der Waals surface area (Å²) in [5.74, 6) is 0.584. The van der Waals surface area contributed by atoms with Gasteiger partial charge in [-0.3, -0.25) is 30.2 Å². The van der Waals surface area contributed by atoms with Crippen molar-refractivity contribution in [1.82, 2.24) is 4.98 Å². The van der Waals surface area contributed by atoms with Crippen molar-refractivity contribution in [3.63, 3.8) is 0 Å². The van der Waals surface area contributed by atoms with E-state index in [1.54, 1.807) is 0 Å². The molecule has 73 heavy (non-hydrogen) atoms. The van der Waals surface area contributed by atoms with Crippen LogP contribution in [0.4, 0.5) is 45.5 Å². The van der Waals surface area contributed by atoms with E-state index in [9.17, 15) is 20.2 Å². The Balaban J connectivity index is 0.000000199. The van der Waals surface area contributed by atoms with Gasteiger partial charge in [0.2, 0.25) is 16.7 Å². The second-order valence-corrected chi connectivity index (χ2v) is 17.0. The number of nitrogens with zero attached hydrogens (tertiary/aromatic N) is 10. The minimum atomic E-state index is -0.770. The van der Waals surface area contributed by atoms with Crippen LogP contribution < -0.4 is 14.0 Å². The number of nitro benzene ring substituents is 2. The summed E-state index contributed by atoms with van der Waals surface area (Å²) in [7, 11) is 2.85. The van der Waals surface area contributed by atoms with Crippen LogP contribution in [-0.4, -0.2) is 41.5 Å². The summed E-state index contributed by atoms with van der Waals surface area (Å²) in [6.45, 7) is 10.3. The Hall–Kier alpha value is -9.70. The zero-order valence-corrected chi connectivity index (χ0v) is 41.1. The normalized spacial score (nSPS) is 11.5. The van der Waals surface area contributed by atoms with Crippen LogP contribution in [0.25, 0.3) is 27.8 Å². The van der Waals surface area contributed by atoms with Gasteiger partial charge in [-0.2, -0.15) is 5.11 Å². The quantitative estimate of drug-likeness (QED) is 0.0273. The number of non-ortho nitro benzene ring substituents is 1. The molecule has 0 saturated heterocycles. The van der Waals surface area contributed by atoms with Crippen LogP contribution in [0.1, 0.15) is 38.9 Å². The van der Waals surface area contributed by atoms with Gasteiger partial charge in [0, 0.05) is 54.9 Å². The number of azo groups is 2. The van der Waals surface area contributed by atoms with Crippen molar-refractivity contribution >= 4 is 80.0 Å². The third-order valence-corrected chi connectivity index (χ3v) is 11.6. The molecular weight excluding hydrogens is 921 g/mol. The Bertz CT molecular complexity index is 3520. The van der Waals surface area contributed by atoms with Gasteiger partial charge in [-0.1, -0.05) is 95.6 Å².